The summed E-state index contributed by atoms with van der Waals surface area (Å²) in [4.78, 5) is 28.4. The predicted octanol–water partition coefficient (Wildman–Crippen LogP) is 3.62. The van der Waals surface area contributed by atoms with Crippen LogP contribution in [0.1, 0.15) is 27.0 Å². The highest BCUT2D eigenvalue weighted by molar-refractivity contribution is 5.94. The fraction of sp³-hybridized carbons (Fsp3) is 0.222. The van der Waals surface area contributed by atoms with Crippen molar-refractivity contribution >= 4 is 17.5 Å². The lowest BCUT2D eigenvalue weighted by Crippen LogP contribution is -2.29. The number of halogens is 3. The molecule has 26 heavy (non-hydrogen) atoms. The molecule has 0 aromatic heterocycles. The maximum Gasteiger partial charge on any atom is 0.416 e. The van der Waals surface area contributed by atoms with Gasteiger partial charge in [0, 0.05) is 11.3 Å². The Balaban J connectivity index is 1.86. The van der Waals surface area contributed by atoms with E-state index >= 15 is 0 Å². The normalized spacial score (nSPS) is 11.1. The van der Waals surface area contributed by atoms with Crippen molar-refractivity contribution in [3.8, 4) is 0 Å². The number of anilines is 1. The van der Waals surface area contributed by atoms with Crippen molar-refractivity contribution in [2.24, 2.45) is 0 Å². The van der Waals surface area contributed by atoms with E-state index in [4.69, 9.17) is 4.84 Å². The molecule has 0 heterocycles. The topological polar surface area (TPSA) is 67.4 Å². The number of hydrogen-bond acceptors (Lipinski definition) is 3. The van der Waals surface area contributed by atoms with Crippen LogP contribution in [0.4, 0.5) is 18.9 Å². The minimum Gasteiger partial charge on any atom is -0.324 e. The van der Waals surface area contributed by atoms with E-state index in [9.17, 15) is 22.8 Å². The first-order chi connectivity index (χ1) is 12.2. The largest absolute Gasteiger partial charge is 0.416 e. The standard InChI is InChI=1S/C18H17F3N2O3/c1-11-6-7-15(8-12(11)2)22-16(24)10-26-23-17(25)13-4-3-5-14(9-13)18(19,20)21/h3-9H,10H2,1-2H3,(H,22,24)(H,23,25). The van der Waals surface area contributed by atoms with Crippen molar-refractivity contribution in [1.29, 1.82) is 0 Å². The predicted molar refractivity (Wildman–Crippen MR) is 89.4 cm³/mol. The van der Waals surface area contributed by atoms with Crippen LogP contribution < -0.4 is 10.8 Å². The average molecular weight is 366 g/mol. The van der Waals surface area contributed by atoms with E-state index in [0.29, 0.717) is 11.8 Å². The maximum atomic E-state index is 12.6. The lowest BCUT2D eigenvalue weighted by atomic mass is 10.1. The van der Waals surface area contributed by atoms with Gasteiger partial charge in [0.1, 0.15) is 0 Å². The molecular formula is C18H17F3N2O3. The van der Waals surface area contributed by atoms with Gasteiger partial charge in [0.2, 0.25) is 0 Å². The third-order valence-electron chi connectivity index (χ3n) is 3.61. The number of alkyl halides is 3. The van der Waals surface area contributed by atoms with Gasteiger partial charge in [0.15, 0.2) is 6.61 Å². The molecule has 138 valence electrons. The fourth-order valence-electron chi connectivity index (χ4n) is 2.08. The van der Waals surface area contributed by atoms with Gasteiger partial charge in [0.25, 0.3) is 11.8 Å². The van der Waals surface area contributed by atoms with Crippen molar-refractivity contribution in [2.75, 3.05) is 11.9 Å². The molecular weight excluding hydrogens is 349 g/mol. The summed E-state index contributed by atoms with van der Waals surface area (Å²) >= 11 is 0. The number of nitrogens with one attached hydrogen (secondary N) is 2. The minimum absolute atomic E-state index is 0.227. The van der Waals surface area contributed by atoms with Crippen molar-refractivity contribution in [1.82, 2.24) is 5.48 Å². The van der Waals surface area contributed by atoms with Crippen LogP contribution in [-0.4, -0.2) is 18.4 Å². The Labute approximate surface area is 148 Å². The molecule has 8 heteroatoms. The molecule has 0 bridgehead atoms. The smallest absolute Gasteiger partial charge is 0.324 e. The molecule has 0 saturated carbocycles. The second-order valence-electron chi connectivity index (χ2n) is 5.65. The van der Waals surface area contributed by atoms with Gasteiger partial charge in [-0.3, -0.25) is 14.4 Å². The van der Waals surface area contributed by atoms with Gasteiger partial charge in [-0.15, -0.1) is 0 Å². The van der Waals surface area contributed by atoms with Crippen molar-refractivity contribution in [2.45, 2.75) is 20.0 Å². The molecule has 0 aliphatic carbocycles. The number of amides is 2. The molecule has 0 aliphatic heterocycles. The van der Waals surface area contributed by atoms with E-state index in [1.54, 1.807) is 12.1 Å². The number of hydroxylamine groups is 1. The quantitative estimate of drug-likeness (QED) is 0.795. The van der Waals surface area contributed by atoms with Gasteiger partial charge in [-0.2, -0.15) is 13.2 Å². The first-order valence-corrected chi connectivity index (χ1v) is 7.63. The molecule has 0 saturated heterocycles. The van der Waals surface area contributed by atoms with Crippen LogP contribution in [-0.2, 0) is 15.8 Å². The summed E-state index contributed by atoms with van der Waals surface area (Å²) in [5.41, 5.74) is 3.43. The molecule has 0 aliphatic rings. The summed E-state index contributed by atoms with van der Waals surface area (Å²) in [7, 11) is 0. The molecule has 2 aromatic carbocycles. The lowest BCUT2D eigenvalue weighted by Gasteiger charge is -2.10. The van der Waals surface area contributed by atoms with Crippen LogP contribution in [0.3, 0.4) is 0 Å². The molecule has 2 amide bonds. The van der Waals surface area contributed by atoms with Crippen LogP contribution in [0.25, 0.3) is 0 Å². The highest BCUT2D eigenvalue weighted by atomic mass is 19.4. The van der Waals surface area contributed by atoms with Crippen LogP contribution >= 0.6 is 0 Å². The monoisotopic (exact) mass is 366 g/mol. The number of benzene rings is 2. The van der Waals surface area contributed by atoms with Gasteiger partial charge >= 0.3 is 6.18 Å². The maximum absolute atomic E-state index is 12.6. The lowest BCUT2D eigenvalue weighted by molar-refractivity contribution is -0.137. The molecule has 2 N–H and O–H groups in total. The Kier molecular flexibility index (Phi) is 5.99. The fourth-order valence-corrected chi connectivity index (χ4v) is 2.08. The number of hydrogen-bond donors (Lipinski definition) is 2. The zero-order chi connectivity index (χ0) is 19.3. The highest BCUT2D eigenvalue weighted by Crippen LogP contribution is 2.29. The Hall–Kier alpha value is -2.87. The first-order valence-electron chi connectivity index (χ1n) is 7.63. The summed E-state index contributed by atoms with van der Waals surface area (Å²) in [6, 6.07) is 9.24. The van der Waals surface area contributed by atoms with Gasteiger partial charge < -0.3 is 5.32 Å². The van der Waals surface area contributed by atoms with Gasteiger partial charge in [-0.1, -0.05) is 12.1 Å². The first kappa shape index (κ1) is 19.5. The van der Waals surface area contributed by atoms with Crippen LogP contribution in [0.2, 0.25) is 0 Å². The average Bonchev–Trinajstić information content (AvgIpc) is 2.57. The van der Waals surface area contributed by atoms with Gasteiger partial charge in [-0.25, -0.2) is 5.48 Å². The van der Waals surface area contributed by atoms with Crippen molar-refractivity contribution in [3.05, 3.63) is 64.7 Å². The molecule has 2 aromatic rings. The molecule has 5 nitrogen and oxygen atoms in total. The number of aryl methyl sites for hydroxylation is 2. The SMILES string of the molecule is Cc1ccc(NC(=O)CONC(=O)c2cccc(C(F)(F)F)c2)cc1C. The van der Waals surface area contributed by atoms with Gasteiger partial charge in [-0.05, 0) is 55.3 Å². The molecule has 0 spiro atoms. The third-order valence-corrected chi connectivity index (χ3v) is 3.61. The summed E-state index contributed by atoms with van der Waals surface area (Å²) in [6.07, 6.45) is -4.55. The van der Waals surface area contributed by atoms with Crippen molar-refractivity contribution in [3.63, 3.8) is 0 Å². The number of rotatable bonds is 5. The summed E-state index contributed by atoms with van der Waals surface area (Å²) < 4.78 is 37.9. The van der Waals surface area contributed by atoms with Crippen LogP contribution in [0, 0.1) is 13.8 Å². The zero-order valence-corrected chi connectivity index (χ0v) is 14.1. The molecule has 0 atom stereocenters. The minimum atomic E-state index is -4.55. The van der Waals surface area contributed by atoms with E-state index in [2.05, 4.69) is 5.32 Å². The highest BCUT2D eigenvalue weighted by Gasteiger charge is 2.30. The van der Waals surface area contributed by atoms with Crippen LogP contribution in [0.5, 0.6) is 0 Å². The van der Waals surface area contributed by atoms with E-state index in [0.717, 1.165) is 23.3 Å². The van der Waals surface area contributed by atoms with E-state index < -0.39 is 30.2 Å². The molecule has 2 rings (SSSR count). The summed E-state index contributed by atoms with van der Waals surface area (Å²) in [5, 5.41) is 2.59. The Morgan fingerprint density at radius 3 is 2.42 bits per heavy atom. The third kappa shape index (κ3) is 5.32. The summed E-state index contributed by atoms with van der Waals surface area (Å²) in [5.74, 6) is -1.40. The van der Waals surface area contributed by atoms with Crippen molar-refractivity contribution < 1.29 is 27.6 Å². The van der Waals surface area contributed by atoms with E-state index in [1.165, 1.54) is 6.07 Å². The molecule has 0 fully saturated rings. The number of carbonyl (C=O) groups excluding carboxylic acids is 2. The number of carbonyl (C=O) groups is 2. The second kappa shape index (κ2) is 8.01. The molecule has 0 unspecified atom stereocenters. The molecule has 0 radical (unpaired) electrons. The summed E-state index contributed by atoms with van der Waals surface area (Å²) in [6.45, 7) is 3.35. The Morgan fingerprint density at radius 1 is 1.04 bits per heavy atom. The van der Waals surface area contributed by atoms with E-state index in [1.807, 2.05) is 25.4 Å². The Bertz CT molecular complexity index is 820. The van der Waals surface area contributed by atoms with Crippen LogP contribution in [0.15, 0.2) is 42.5 Å². The van der Waals surface area contributed by atoms with Gasteiger partial charge in [0.05, 0.1) is 5.56 Å². The Morgan fingerprint density at radius 2 is 1.77 bits per heavy atom. The van der Waals surface area contributed by atoms with E-state index in [-0.39, 0.29) is 5.56 Å². The second-order valence-corrected chi connectivity index (χ2v) is 5.65. The zero-order valence-electron chi connectivity index (χ0n) is 14.1.